The van der Waals surface area contributed by atoms with E-state index in [1.54, 1.807) is 20.8 Å². The molecule has 8 nitrogen and oxygen atoms in total. The molecule has 0 heterocycles. The Kier molecular flexibility index (Phi) is 6.95. The van der Waals surface area contributed by atoms with Crippen LogP contribution < -0.4 is 0 Å². The minimum Gasteiger partial charge on any atom is -0.468 e. The molecule has 0 aliphatic rings. The Labute approximate surface area is 134 Å². The van der Waals surface area contributed by atoms with Crippen LogP contribution in [0.15, 0.2) is 12.2 Å². The standard InChI is InChI=1S/C15H22O8/c1-9(10(16)23-14(2,3)4)8-15(11(17)20-5,12(18)21-6)13(19)22-7/h1,8H2,2-7H3. The van der Waals surface area contributed by atoms with Crippen molar-refractivity contribution in [3.63, 3.8) is 0 Å². The first-order chi connectivity index (χ1) is 10.5. The minimum atomic E-state index is -2.48. The lowest BCUT2D eigenvalue weighted by Gasteiger charge is -2.27. The van der Waals surface area contributed by atoms with Crippen molar-refractivity contribution < 1.29 is 38.1 Å². The summed E-state index contributed by atoms with van der Waals surface area (Å²) >= 11 is 0. The highest BCUT2D eigenvalue weighted by Crippen LogP contribution is 2.32. The van der Waals surface area contributed by atoms with Crippen molar-refractivity contribution in [2.45, 2.75) is 32.8 Å². The molecule has 0 aliphatic carbocycles. The van der Waals surface area contributed by atoms with Crippen molar-refractivity contribution in [1.29, 1.82) is 0 Å². The fourth-order valence-electron chi connectivity index (χ4n) is 1.73. The topological polar surface area (TPSA) is 105 Å². The molecule has 0 fully saturated rings. The monoisotopic (exact) mass is 330 g/mol. The first kappa shape index (κ1) is 20.6. The number of hydrogen-bond acceptors (Lipinski definition) is 8. The van der Waals surface area contributed by atoms with E-state index in [2.05, 4.69) is 20.8 Å². The molecule has 0 aliphatic heterocycles. The van der Waals surface area contributed by atoms with E-state index in [9.17, 15) is 19.2 Å². The minimum absolute atomic E-state index is 0.277. The smallest absolute Gasteiger partial charge is 0.335 e. The lowest BCUT2D eigenvalue weighted by atomic mass is 9.81. The molecular weight excluding hydrogens is 308 g/mol. The second kappa shape index (κ2) is 7.75. The molecule has 0 amide bonds. The summed E-state index contributed by atoms with van der Waals surface area (Å²) in [4.78, 5) is 48.2. The molecule has 0 N–H and O–H groups in total. The van der Waals surface area contributed by atoms with E-state index in [0.29, 0.717) is 0 Å². The van der Waals surface area contributed by atoms with Gasteiger partial charge in [0.1, 0.15) is 5.60 Å². The van der Waals surface area contributed by atoms with Crippen molar-refractivity contribution in [2.75, 3.05) is 21.3 Å². The molecule has 0 saturated carbocycles. The number of carbonyl (C=O) groups is 4. The van der Waals surface area contributed by atoms with Crippen LogP contribution in [0.25, 0.3) is 0 Å². The van der Waals surface area contributed by atoms with Gasteiger partial charge in [-0.05, 0) is 20.8 Å². The maximum Gasteiger partial charge on any atom is 0.335 e. The number of rotatable bonds is 6. The van der Waals surface area contributed by atoms with Gasteiger partial charge in [0, 0.05) is 12.0 Å². The molecule has 0 saturated heterocycles. The van der Waals surface area contributed by atoms with Crippen LogP contribution in [0.4, 0.5) is 0 Å². The molecule has 0 bridgehead atoms. The van der Waals surface area contributed by atoms with Gasteiger partial charge in [0.2, 0.25) is 0 Å². The second-order valence-corrected chi connectivity index (χ2v) is 5.66. The molecule has 0 aromatic heterocycles. The summed E-state index contributed by atoms with van der Waals surface area (Å²) in [5.74, 6) is -4.53. The largest absolute Gasteiger partial charge is 0.468 e. The third-order valence-electron chi connectivity index (χ3n) is 2.77. The van der Waals surface area contributed by atoms with Crippen LogP contribution in [0.2, 0.25) is 0 Å². The van der Waals surface area contributed by atoms with Gasteiger partial charge >= 0.3 is 23.9 Å². The highest BCUT2D eigenvalue weighted by atomic mass is 16.6. The quantitative estimate of drug-likeness (QED) is 0.304. The predicted molar refractivity (Wildman–Crippen MR) is 78.1 cm³/mol. The average molecular weight is 330 g/mol. The van der Waals surface area contributed by atoms with Gasteiger partial charge in [-0.2, -0.15) is 0 Å². The van der Waals surface area contributed by atoms with E-state index in [4.69, 9.17) is 4.74 Å². The van der Waals surface area contributed by atoms with E-state index in [1.807, 2.05) is 0 Å². The molecular formula is C15H22O8. The van der Waals surface area contributed by atoms with E-state index < -0.39 is 41.3 Å². The second-order valence-electron chi connectivity index (χ2n) is 5.66. The summed E-state index contributed by atoms with van der Waals surface area (Å²) < 4.78 is 18.6. The van der Waals surface area contributed by atoms with E-state index in [-0.39, 0.29) is 5.57 Å². The van der Waals surface area contributed by atoms with Gasteiger partial charge in [0.25, 0.3) is 5.41 Å². The average Bonchev–Trinajstić information content (AvgIpc) is 2.48. The van der Waals surface area contributed by atoms with Gasteiger partial charge in [-0.15, -0.1) is 0 Å². The highest BCUT2D eigenvalue weighted by molar-refractivity contribution is 6.18. The number of esters is 4. The van der Waals surface area contributed by atoms with Gasteiger partial charge < -0.3 is 18.9 Å². The van der Waals surface area contributed by atoms with E-state index >= 15 is 0 Å². The third-order valence-corrected chi connectivity index (χ3v) is 2.77. The summed E-state index contributed by atoms with van der Waals surface area (Å²) in [6, 6.07) is 0. The summed E-state index contributed by atoms with van der Waals surface area (Å²) in [5.41, 5.74) is -3.57. The predicted octanol–water partition coefficient (Wildman–Crippen LogP) is 0.780. The zero-order valence-electron chi connectivity index (χ0n) is 14.2. The molecule has 23 heavy (non-hydrogen) atoms. The Bertz CT molecular complexity index is 471. The molecule has 0 unspecified atom stereocenters. The number of carbonyl (C=O) groups excluding carboxylic acids is 4. The van der Waals surface area contributed by atoms with Crippen LogP contribution in [0.1, 0.15) is 27.2 Å². The normalized spacial score (nSPS) is 11.2. The lowest BCUT2D eigenvalue weighted by Crippen LogP contribution is -2.49. The summed E-state index contributed by atoms with van der Waals surface area (Å²) in [5, 5.41) is 0. The van der Waals surface area contributed by atoms with Gasteiger partial charge in [-0.3, -0.25) is 14.4 Å². The van der Waals surface area contributed by atoms with Crippen LogP contribution in [-0.2, 0) is 38.1 Å². The first-order valence-corrected chi connectivity index (χ1v) is 6.62. The molecule has 8 heteroatoms. The summed E-state index contributed by atoms with van der Waals surface area (Å²) in [7, 11) is 2.96. The summed E-state index contributed by atoms with van der Waals surface area (Å²) in [6.07, 6.45) is -0.687. The molecule has 0 aromatic carbocycles. The van der Waals surface area contributed by atoms with Crippen LogP contribution in [-0.4, -0.2) is 50.8 Å². The Hall–Kier alpha value is -2.38. The zero-order chi connectivity index (χ0) is 18.4. The Morgan fingerprint density at radius 2 is 1.17 bits per heavy atom. The Balaban J connectivity index is 5.75. The Morgan fingerprint density at radius 3 is 1.43 bits per heavy atom. The van der Waals surface area contributed by atoms with Gasteiger partial charge in [-0.1, -0.05) is 6.58 Å². The molecule has 0 atom stereocenters. The van der Waals surface area contributed by atoms with Crippen molar-refractivity contribution >= 4 is 23.9 Å². The number of methoxy groups -OCH3 is 3. The van der Waals surface area contributed by atoms with Crippen LogP contribution in [0.5, 0.6) is 0 Å². The molecule has 130 valence electrons. The first-order valence-electron chi connectivity index (χ1n) is 6.62. The van der Waals surface area contributed by atoms with Crippen LogP contribution >= 0.6 is 0 Å². The maximum absolute atomic E-state index is 12.1. The van der Waals surface area contributed by atoms with Gasteiger partial charge in [-0.25, -0.2) is 4.79 Å². The molecule has 0 rings (SSSR count). The zero-order valence-corrected chi connectivity index (χ0v) is 14.2. The van der Waals surface area contributed by atoms with E-state index in [0.717, 1.165) is 21.3 Å². The lowest BCUT2D eigenvalue weighted by molar-refractivity contribution is -0.180. The van der Waals surface area contributed by atoms with E-state index in [1.165, 1.54) is 0 Å². The van der Waals surface area contributed by atoms with Crippen molar-refractivity contribution in [3.05, 3.63) is 12.2 Å². The SMILES string of the molecule is C=C(CC(C(=O)OC)(C(=O)OC)C(=O)OC)C(=O)OC(C)(C)C. The molecule has 0 aromatic rings. The fourth-order valence-corrected chi connectivity index (χ4v) is 1.73. The van der Waals surface area contributed by atoms with Gasteiger partial charge in [0.15, 0.2) is 0 Å². The third kappa shape index (κ3) is 4.80. The Morgan fingerprint density at radius 1 is 0.826 bits per heavy atom. The van der Waals surface area contributed by atoms with Crippen molar-refractivity contribution in [1.82, 2.24) is 0 Å². The van der Waals surface area contributed by atoms with Crippen molar-refractivity contribution in [3.8, 4) is 0 Å². The van der Waals surface area contributed by atoms with Crippen LogP contribution in [0.3, 0.4) is 0 Å². The maximum atomic E-state index is 12.1. The number of hydrogen-bond donors (Lipinski definition) is 0. The highest BCUT2D eigenvalue weighted by Gasteiger charge is 2.57. The fraction of sp³-hybridized carbons (Fsp3) is 0.600. The number of ether oxygens (including phenoxy) is 4. The van der Waals surface area contributed by atoms with Crippen LogP contribution in [0, 0.1) is 5.41 Å². The molecule has 0 radical (unpaired) electrons. The van der Waals surface area contributed by atoms with Crippen molar-refractivity contribution in [2.24, 2.45) is 5.41 Å². The van der Waals surface area contributed by atoms with Gasteiger partial charge in [0.05, 0.1) is 21.3 Å². The molecule has 0 spiro atoms. The summed E-state index contributed by atoms with van der Waals surface area (Å²) in [6.45, 7) is 8.37.